The van der Waals surface area contributed by atoms with Crippen molar-refractivity contribution in [3.63, 3.8) is 0 Å². The van der Waals surface area contributed by atoms with Gasteiger partial charge in [0.05, 0.1) is 18.3 Å². The summed E-state index contributed by atoms with van der Waals surface area (Å²) >= 11 is 0. The highest BCUT2D eigenvalue weighted by molar-refractivity contribution is 5.95. The fourth-order valence-corrected chi connectivity index (χ4v) is 6.94. The van der Waals surface area contributed by atoms with Crippen molar-refractivity contribution in [2.45, 2.75) is 71.2 Å². The van der Waals surface area contributed by atoms with Gasteiger partial charge in [0.25, 0.3) is 0 Å². The number of fused-ring (bicyclic) bond motifs is 5. The van der Waals surface area contributed by atoms with Gasteiger partial charge >= 0.3 is 0 Å². The first-order chi connectivity index (χ1) is 11.7. The van der Waals surface area contributed by atoms with Gasteiger partial charge in [0.15, 0.2) is 5.78 Å². The lowest BCUT2D eigenvalue weighted by molar-refractivity contribution is -0.148. The first kappa shape index (κ1) is 17.4. The molecule has 0 heterocycles. The quantitative estimate of drug-likeness (QED) is 0.637. The molecular weight excluding hydrogens is 316 g/mol. The van der Waals surface area contributed by atoms with E-state index in [2.05, 4.69) is 26.0 Å². The highest BCUT2D eigenvalue weighted by Crippen LogP contribution is 2.64. The van der Waals surface area contributed by atoms with Crippen molar-refractivity contribution >= 4 is 5.78 Å². The molecule has 8 atom stereocenters. The SMILES string of the molecule is CC(=O)C1=CC[C@H]2[C@@H]3CC=C4C[C@@H](O)C[C@@H](O)[C@]4(C)[C@H]3[C@@H](O)C[C@]12C. The van der Waals surface area contributed by atoms with Crippen molar-refractivity contribution < 1.29 is 20.1 Å². The van der Waals surface area contributed by atoms with Crippen LogP contribution in [-0.4, -0.2) is 39.4 Å². The molecule has 0 spiro atoms. The van der Waals surface area contributed by atoms with E-state index in [-0.39, 0.29) is 23.0 Å². The van der Waals surface area contributed by atoms with Crippen LogP contribution in [-0.2, 0) is 4.79 Å². The summed E-state index contributed by atoms with van der Waals surface area (Å²) in [6, 6.07) is 0. The lowest BCUT2D eigenvalue weighted by atomic mass is 9.46. The van der Waals surface area contributed by atoms with Crippen LogP contribution >= 0.6 is 0 Å². The Morgan fingerprint density at radius 2 is 1.88 bits per heavy atom. The predicted octanol–water partition coefficient (Wildman–Crippen LogP) is 2.38. The molecule has 0 aromatic rings. The number of rotatable bonds is 1. The Bertz CT molecular complexity index is 665. The van der Waals surface area contributed by atoms with E-state index in [1.165, 1.54) is 0 Å². The number of hydrogen-bond acceptors (Lipinski definition) is 4. The van der Waals surface area contributed by atoms with E-state index < -0.39 is 23.7 Å². The number of carbonyl (C=O) groups is 1. The number of ketones is 1. The van der Waals surface area contributed by atoms with E-state index in [1.54, 1.807) is 6.92 Å². The van der Waals surface area contributed by atoms with Crippen LogP contribution in [0, 0.1) is 28.6 Å². The Hall–Kier alpha value is -0.970. The Morgan fingerprint density at radius 1 is 1.16 bits per heavy atom. The molecule has 0 aromatic heterocycles. The summed E-state index contributed by atoms with van der Waals surface area (Å²) in [5.41, 5.74) is 1.27. The van der Waals surface area contributed by atoms with E-state index >= 15 is 0 Å². The van der Waals surface area contributed by atoms with Gasteiger partial charge in [-0.3, -0.25) is 4.79 Å². The zero-order valence-electron chi connectivity index (χ0n) is 15.4. The summed E-state index contributed by atoms with van der Waals surface area (Å²) in [4.78, 5) is 12.1. The fraction of sp³-hybridized carbons (Fsp3) is 0.762. The maximum atomic E-state index is 12.1. The van der Waals surface area contributed by atoms with Crippen molar-refractivity contribution in [1.82, 2.24) is 0 Å². The highest BCUT2D eigenvalue weighted by atomic mass is 16.3. The molecule has 4 rings (SSSR count). The van der Waals surface area contributed by atoms with Crippen molar-refractivity contribution in [3.05, 3.63) is 23.3 Å². The fourth-order valence-electron chi connectivity index (χ4n) is 6.94. The van der Waals surface area contributed by atoms with E-state index in [4.69, 9.17) is 0 Å². The van der Waals surface area contributed by atoms with Crippen LogP contribution in [0.4, 0.5) is 0 Å². The van der Waals surface area contributed by atoms with E-state index in [9.17, 15) is 20.1 Å². The average Bonchev–Trinajstić information content (AvgIpc) is 2.85. The van der Waals surface area contributed by atoms with Crippen LogP contribution in [0.5, 0.6) is 0 Å². The Labute approximate surface area is 149 Å². The smallest absolute Gasteiger partial charge is 0.156 e. The van der Waals surface area contributed by atoms with Crippen molar-refractivity contribution in [2.75, 3.05) is 0 Å². The number of allylic oxidation sites excluding steroid dienone is 3. The molecule has 138 valence electrons. The van der Waals surface area contributed by atoms with Crippen LogP contribution in [0.2, 0.25) is 0 Å². The van der Waals surface area contributed by atoms with Gasteiger partial charge < -0.3 is 15.3 Å². The molecule has 0 unspecified atom stereocenters. The predicted molar refractivity (Wildman–Crippen MR) is 94.6 cm³/mol. The van der Waals surface area contributed by atoms with Gasteiger partial charge in [-0.25, -0.2) is 0 Å². The molecule has 2 fully saturated rings. The third-order valence-corrected chi connectivity index (χ3v) is 8.08. The minimum Gasteiger partial charge on any atom is -0.393 e. The Kier molecular flexibility index (Phi) is 3.85. The minimum atomic E-state index is -0.629. The third-order valence-electron chi connectivity index (χ3n) is 8.08. The second-order valence-electron chi connectivity index (χ2n) is 9.25. The Morgan fingerprint density at radius 3 is 2.56 bits per heavy atom. The maximum absolute atomic E-state index is 12.1. The van der Waals surface area contributed by atoms with Crippen LogP contribution in [0.3, 0.4) is 0 Å². The monoisotopic (exact) mass is 346 g/mol. The summed E-state index contributed by atoms with van der Waals surface area (Å²) in [6.45, 7) is 5.84. The lowest BCUT2D eigenvalue weighted by Crippen LogP contribution is -2.60. The van der Waals surface area contributed by atoms with Crippen molar-refractivity contribution in [1.29, 1.82) is 0 Å². The second-order valence-corrected chi connectivity index (χ2v) is 9.25. The van der Waals surface area contributed by atoms with Crippen LogP contribution in [0.25, 0.3) is 0 Å². The molecule has 0 aliphatic heterocycles. The van der Waals surface area contributed by atoms with Crippen LogP contribution < -0.4 is 0 Å². The van der Waals surface area contributed by atoms with E-state index in [1.807, 2.05) is 0 Å². The molecule has 0 aromatic carbocycles. The van der Waals surface area contributed by atoms with Crippen LogP contribution in [0.1, 0.15) is 52.9 Å². The van der Waals surface area contributed by atoms with Gasteiger partial charge in [-0.05, 0) is 55.9 Å². The zero-order valence-corrected chi connectivity index (χ0v) is 15.4. The lowest BCUT2D eigenvalue weighted by Gasteiger charge is -2.60. The largest absolute Gasteiger partial charge is 0.393 e. The van der Waals surface area contributed by atoms with Gasteiger partial charge in [0, 0.05) is 17.3 Å². The van der Waals surface area contributed by atoms with Crippen molar-refractivity contribution in [3.8, 4) is 0 Å². The molecule has 4 aliphatic rings. The molecule has 0 amide bonds. The third kappa shape index (κ3) is 2.20. The summed E-state index contributed by atoms with van der Waals surface area (Å²) in [7, 11) is 0. The maximum Gasteiger partial charge on any atom is 0.156 e. The first-order valence-electron chi connectivity index (χ1n) is 9.65. The number of aliphatic hydroxyl groups excluding tert-OH is 3. The standard InChI is InChI=1S/C21H30O4/c1-11(22)15-6-7-16-14-5-4-12-8-13(23)9-18(25)21(12,3)19(14)17(24)10-20(15,16)2/h4,6,13-14,16-19,23-25H,5,7-10H2,1-3H3/t13-,14+,16+,17+,18-,19-,20-,21-/m1/s1. The second kappa shape index (κ2) is 5.51. The summed E-state index contributed by atoms with van der Waals surface area (Å²) in [6.07, 6.45) is 5.95. The Balaban J connectivity index is 1.75. The van der Waals surface area contributed by atoms with Gasteiger partial charge in [-0.1, -0.05) is 31.6 Å². The molecule has 25 heavy (non-hydrogen) atoms. The molecule has 0 bridgehead atoms. The van der Waals surface area contributed by atoms with Gasteiger partial charge in [-0.2, -0.15) is 0 Å². The molecule has 0 saturated heterocycles. The molecule has 0 radical (unpaired) electrons. The van der Waals surface area contributed by atoms with Crippen molar-refractivity contribution in [2.24, 2.45) is 28.6 Å². The van der Waals surface area contributed by atoms with Crippen LogP contribution in [0.15, 0.2) is 23.3 Å². The van der Waals surface area contributed by atoms with E-state index in [0.29, 0.717) is 25.2 Å². The van der Waals surface area contributed by atoms with Gasteiger partial charge in [-0.15, -0.1) is 0 Å². The first-order valence-corrected chi connectivity index (χ1v) is 9.65. The number of carbonyl (C=O) groups excluding carboxylic acids is 1. The molecule has 4 heteroatoms. The molecule has 4 aliphatic carbocycles. The van der Waals surface area contributed by atoms with Gasteiger partial charge in [0.2, 0.25) is 0 Å². The number of hydrogen-bond donors (Lipinski definition) is 3. The van der Waals surface area contributed by atoms with E-state index in [0.717, 1.165) is 24.0 Å². The topological polar surface area (TPSA) is 77.8 Å². The minimum absolute atomic E-state index is 0.00668. The average molecular weight is 346 g/mol. The number of aliphatic hydroxyl groups is 3. The molecule has 4 nitrogen and oxygen atoms in total. The summed E-state index contributed by atoms with van der Waals surface area (Å²) in [5, 5.41) is 32.1. The highest BCUT2D eigenvalue weighted by Gasteiger charge is 2.62. The molecule has 2 saturated carbocycles. The number of Topliss-reactive ketones (excluding diaryl/α,β-unsaturated/α-hetero) is 1. The molecular formula is C21H30O4. The summed E-state index contributed by atoms with van der Waals surface area (Å²) in [5.74, 6) is 0.719. The molecule has 3 N–H and O–H groups in total. The zero-order chi connectivity index (χ0) is 18.1. The normalized spacial score (nSPS) is 51.8. The summed E-state index contributed by atoms with van der Waals surface area (Å²) < 4.78 is 0. The van der Waals surface area contributed by atoms with Gasteiger partial charge in [0.1, 0.15) is 0 Å².